The van der Waals surface area contributed by atoms with Crippen LogP contribution in [0.3, 0.4) is 0 Å². The molecule has 92 valence electrons. The lowest BCUT2D eigenvalue weighted by atomic mass is 10.0. The molecule has 0 saturated carbocycles. The zero-order chi connectivity index (χ0) is 11.6. The molecule has 0 aliphatic carbocycles. The predicted molar refractivity (Wildman–Crippen MR) is 66.2 cm³/mol. The van der Waals surface area contributed by atoms with Crippen LogP contribution in [-0.4, -0.2) is 12.1 Å². The third-order valence-corrected chi connectivity index (χ3v) is 2.99. The zero-order valence-corrected chi connectivity index (χ0v) is 10.4. The Hall–Kier alpha value is -0.790. The van der Waals surface area contributed by atoms with Crippen molar-refractivity contribution in [1.82, 2.24) is 0 Å². The Morgan fingerprint density at radius 3 is 2.75 bits per heavy atom. The van der Waals surface area contributed by atoms with Gasteiger partial charge in [0.2, 0.25) is 0 Å². The molecule has 1 aliphatic heterocycles. The first-order valence-corrected chi connectivity index (χ1v) is 6.67. The molecule has 1 rings (SSSR count). The standard InChI is InChI=1S/C14H24O2/c1-2-3-4-5-6-7-8-10-13-11-9-12-14(15)16-13/h5-6,13H,2-4,7-12H2,1H3. The van der Waals surface area contributed by atoms with Crippen molar-refractivity contribution >= 4 is 5.97 Å². The molecule has 1 saturated heterocycles. The molecule has 0 amide bonds. The van der Waals surface area contributed by atoms with Gasteiger partial charge < -0.3 is 4.74 Å². The number of unbranched alkanes of at least 4 members (excludes halogenated alkanes) is 3. The van der Waals surface area contributed by atoms with Crippen LogP contribution in [-0.2, 0) is 9.53 Å². The van der Waals surface area contributed by atoms with Gasteiger partial charge in [0.05, 0.1) is 0 Å². The van der Waals surface area contributed by atoms with E-state index >= 15 is 0 Å². The fourth-order valence-electron chi connectivity index (χ4n) is 2.00. The van der Waals surface area contributed by atoms with Crippen molar-refractivity contribution in [3.63, 3.8) is 0 Å². The normalized spacial score (nSPS) is 21.3. The Morgan fingerprint density at radius 2 is 2.06 bits per heavy atom. The number of esters is 1. The minimum atomic E-state index is -0.00487. The van der Waals surface area contributed by atoms with Crippen LogP contribution < -0.4 is 0 Å². The van der Waals surface area contributed by atoms with Crippen molar-refractivity contribution in [2.45, 2.75) is 70.8 Å². The average Bonchev–Trinajstić information content (AvgIpc) is 2.28. The molecule has 1 atom stereocenters. The molecule has 0 spiro atoms. The van der Waals surface area contributed by atoms with Crippen LogP contribution in [0.5, 0.6) is 0 Å². The van der Waals surface area contributed by atoms with Crippen LogP contribution in [0.1, 0.15) is 64.7 Å². The molecule has 0 radical (unpaired) electrons. The fourth-order valence-corrected chi connectivity index (χ4v) is 2.00. The lowest BCUT2D eigenvalue weighted by Crippen LogP contribution is -2.23. The second-order valence-electron chi connectivity index (χ2n) is 4.55. The van der Waals surface area contributed by atoms with Gasteiger partial charge in [0.15, 0.2) is 0 Å². The van der Waals surface area contributed by atoms with Gasteiger partial charge in [-0.05, 0) is 38.5 Å². The topological polar surface area (TPSA) is 26.3 Å². The minimum absolute atomic E-state index is 0.00487. The highest BCUT2D eigenvalue weighted by Gasteiger charge is 2.19. The zero-order valence-electron chi connectivity index (χ0n) is 10.4. The lowest BCUT2D eigenvalue weighted by Gasteiger charge is -2.21. The van der Waals surface area contributed by atoms with E-state index in [0.29, 0.717) is 6.42 Å². The summed E-state index contributed by atoms with van der Waals surface area (Å²) < 4.78 is 5.27. The summed E-state index contributed by atoms with van der Waals surface area (Å²) in [5.41, 5.74) is 0. The van der Waals surface area contributed by atoms with Crippen LogP contribution in [0.15, 0.2) is 12.2 Å². The highest BCUT2D eigenvalue weighted by Crippen LogP contribution is 2.18. The second-order valence-corrected chi connectivity index (χ2v) is 4.55. The molecule has 0 aromatic heterocycles. The molecule has 0 bridgehead atoms. The van der Waals surface area contributed by atoms with Crippen molar-refractivity contribution in [2.24, 2.45) is 0 Å². The third-order valence-electron chi connectivity index (χ3n) is 2.99. The van der Waals surface area contributed by atoms with Gasteiger partial charge in [-0.25, -0.2) is 0 Å². The first kappa shape index (κ1) is 13.3. The van der Waals surface area contributed by atoms with Crippen LogP contribution in [0, 0.1) is 0 Å². The highest BCUT2D eigenvalue weighted by molar-refractivity contribution is 5.70. The SMILES string of the molecule is CCCCC=CCCCC1CCCC(=O)O1. The first-order valence-electron chi connectivity index (χ1n) is 6.67. The number of carbonyl (C=O) groups is 1. The van der Waals surface area contributed by atoms with Gasteiger partial charge in [-0.2, -0.15) is 0 Å². The van der Waals surface area contributed by atoms with Crippen molar-refractivity contribution in [2.75, 3.05) is 0 Å². The lowest BCUT2D eigenvalue weighted by molar-refractivity contribution is -0.154. The largest absolute Gasteiger partial charge is 0.462 e. The monoisotopic (exact) mass is 224 g/mol. The van der Waals surface area contributed by atoms with Gasteiger partial charge in [-0.15, -0.1) is 0 Å². The van der Waals surface area contributed by atoms with Crippen molar-refractivity contribution < 1.29 is 9.53 Å². The van der Waals surface area contributed by atoms with Crippen LogP contribution in [0.2, 0.25) is 0 Å². The number of cyclic esters (lactones) is 1. The van der Waals surface area contributed by atoms with Gasteiger partial charge in [0.1, 0.15) is 6.10 Å². The first-order chi connectivity index (χ1) is 7.83. The number of carbonyl (C=O) groups excluding carboxylic acids is 1. The van der Waals surface area contributed by atoms with Gasteiger partial charge in [0.25, 0.3) is 0 Å². The fraction of sp³-hybridized carbons (Fsp3) is 0.786. The summed E-state index contributed by atoms with van der Waals surface area (Å²) >= 11 is 0. The molecule has 1 fully saturated rings. The van der Waals surface area contributed by atoms with E-state index in [2.05, 4.69) is 19.1 Å². The molecule has 1 aliphatic rings. The smallest absolute Gasteiger partial charge is 0.306 e. The minimum Gasteiger partial charge on any atom is -0.462 e. The molecule has 0 aromatic rings. The Morgan fingerprint density at radius 1 is 1.31 bits per heavy atom. The number of rotatable bonds is 7. The summed E-state index contributed by atoms with van der Waals surface area (Å²) in [4.78, 5) is 11.0. The van der Waals surface area contributed by atoms with E-state index in [9.17, 15) is 4.79 Å². The number of ether oxygens (including phenoxy) is 1. The average molecular weight is 224 g/mol. The Bertz CT molecular complexity index is 221. The van der Waals surface area contributed by atoms with Crippen LogP contribution >= 0.6 is 0 Å². The van der Waals surface area contributed by atoms with Gasteiger partial charge >= 0.3 is 5.97 Å². The van der Waals surface area contributed by atoms with E-state index < -0.39 is 0 Å². The third kappa shape index (κ3) is 5.94. The predicted octanol–water partition coefficient (Wildman–Crippen LogP) is 4.00. The van der Waals surface area contributed by atoms with E-state index in [0.717, 1.165) is 32.1 Å². The van der Waals surface area contributed by atoms with E-state index in [-0.39, 0.29) is 12.1 Å². The molecular formula is C14H24O2. The van der Waals surface area contributed by atoms with E-state index in [4.69, 9.17) is 4.74 Å². The van der Waals surface area contributed by atoms with Crippen LogP contribution in [0.4, 0.5) is 0 Å². The van der Waals surface area contributed by atoms with E-state index in [1.54, 1.807) is 0 Å². The summed E-state index contributed by atoms with van der Waals surface area (Å²) in [5.74, 6) is -0.00487. The van der Waals surface area contributed by atoms with Crippen molar-refractivity contribution in [1.29, 1.82) is 0 Å². The molecular weight excluding hydrogens is 200 g/mol. The highest BCUT2D eigenvalue weighted by atomic mass is 16.5. The molecule has 1 unspecified atom stereocenters. The molecule has 2 nitrogen and oxygen atoms in total. The molecule has 0 N–H and O–H groups in total. The number of hydrogen-bond acceptors (Lipinski definition) is 2. The Kier molecular flexibility index (Phi) is 6.95. The van der Waals surface area contributed by atoms with E-state index in [1.165, 1.54) is 19.3 Å². The Labute approximate surface area is 99.1 Å². The van der Waals surface area contributed by atoms with E-state index in [1.807, 2.05) is 0 Å². The van der Waals surface area contributed by atoms with Gasteiger partial charge in [0, 0.05) is 6.42 Å². The number of hydrogen-bond donors (Lipinski definition) is 0. The summed E-state index contributed by atoms with van der Waals surface area (Å²) in [6.07, 6.45) is 14.5. The summed E-state index contributed by atoms with van der Waals surface area (Å²) in [6, 6.07) is 0. The maximum Gasteiger partial charge on any atom is 0.306 e. The van der Waals surface area contributed by atoms with Crippen LogP contribution in [0.25, 0.3) is 0 Å². The summed E-state index contributed by atoms with van der Waals surface area (Å²) in [5, 5.41) is 0. The molecule has 1 heterocycles. The maximum absolute atomic E-state index is 11.0. The van der Waals surface area contributed by atoms with Gasteiger partial charge in [-0.3, -0.25) is 4.79 Å². The molecule has 16 heavy (non-hydrogen) atoms. The second kappa shape index (κ2) is 8.37. The molecule has 2 heteroatoms. The number of allylic oxidation sites excluding steroid dienone is 2. The van der Waals surface area contributed by atoms with Gasteiger partial charge in [-0.1, -0.05) is 31.9 Å². The quantitative estimate of drug-likeness (QED) is 0.371. The van der Waals surface area contributed by atoms with Crippen molar-refractivity contribution in [3.8, 4) is 0 Å². The summed E-state index contributed by atoms with van der Waals surface area (Å²) in [7, 11) is 0. The van der Waals surface area contributed by atoms with Crippen molar-refractivity contribution in [3.05, 3.63) is 12.2 Å². The summed E-state index contributed by atoms with van der Waals surface area (Å²) in [6.45, 7) is 2.21. The maximum atomic E-state index is 11.0. The Balaban J connectivity index is 1.98. The molecule has 0 aromatic carbocycles.